The predicted molar refractivity (Wildman–Crippen MR) is 98.6 cm³/mol. The number of hydrogen-bond donors (Lipinski definition) is 2. The van der Waals surface area contributed by atoms with E-state index in [0.717, 1.165) is 47.7 Å². The number of carbonyl (C=O) groups excluding carboxylic acids is 1. The molecule has 1 amide bonds. The van der Waals surface area contributed by atoms with E-state index in [0.29, 0.717) is 0 Å². The number of benzene rings is 1. The molecule has 1 aromatic heterocycles. The van der Waals surface area contributed by atoms with E-state index in [9.17, 15) is 4.79 Å². The molecule has 0 aliphatic heterocycles. The molecule has 1 aromatic carbocycles. The van der Waals surface area contributed by atoms with Gasteiger partial charge >= 0.3 is 0 Å². The van der Waals surface area contributed by atoms with Gasteiger partial charge in [0.25, 0.3) is 0 Å². The Labute approximate surface area is 143 Å². The average Bonchev–Trinajstić information content (AvgIpc) is 2.56. The van der Waals surface area contributed by atoms with Crippen LogP contribution in [0.15, 0.2) is 30.6 Å². The second-order valence-electron chi connectivity index (χ2n) is 5.90. The first-order valence-corrected chi connectivity index (χ1v) is 8.56. The number of hydrogen-bond acceptors (Lipinski definition) is 4. The van der Waals surface area contributed by atoms with Gasteiger partial charge in [0.15, 0.2) is 0 Å². The van der Waals surface area contributed by atoms with E-state index in [1.54, 1.807) is 0 Å². The molecule has 2 N–H and O–H groups in total. The van der Waals surface area contributed by atoms with Crippen LogP contribution in [0.3, 0.4) is 0 Å². The molecular formula is C19H26N4O. The van der Waals surface area contributed by atoms with Gasteiger partial charge in [-0.3, -0.25) is 4.79 Å². The zero-order chi connectivity index (χ0) is 17.5. The van der Waals surface area contributed by atoms with Crippen molar-refractivity contribution in [1.82, 2.24) is 9.97 Å². The number of anilines is 3. The molecule has 0 saturated heterocycles. The molecule has 0 spiro atoms. The molecule has 0 radical (unpaired) electrons. The molecule has 5 nitrogen and oxygen atoms in total. The molecule has 5 heteroatoms. The molecule has 0 atom stereocenters. The smallest absolute Gasteiger partial charge is 0.227 e. The number of aryl methyl sites for hydroxylation is 2. The number of aromatic nitrogens is 2. The monoisotopic (exact) mass is 326 g/mol. The van der Waals surface area contributed by atoms with E-state index in [-0.39, 0.29) is 11.8 Å². The maximum absolute atomic E-state index is 12.4. The van der Waals surface area contributed by atoms with Gasteiger partial charge in [-0.15, -0.1) is 0 Å². The Kier molecular flexibility index (Phi) is 6.29. The summed E-state index contributed by atoms with van der Waals surface area (Å²) in [5.74, 6) is 0.879. The van der Waals surface area contributed by atoms with Crippen molar-refractivity contribution in [3.63, 3.8) is 0 Å². The Bertz CT molecular complexity index is 696. The molecule has 24 heavy (non-hydrogen) atoms. The minimum absolute atomic E-state index is 0.0517. The standard InChI is InChI=1S/C19H26N4O/c1-5-14(6-2)19(24)23-17-11-16(9-8-15(17)7-3)22-18-10-13(4)20-12-21-18/h8-12,14H,5-7H2,1-4H3,(H,23,24)(H,20,21,22). The number of carbonyl (C=O) groups is 1. The predicted octanol–water partition coefficient (Wildman–Crippen LogP) is 4.47. The number of rotatable bonds is 7. The van der Waals surface area contributed by atoms with Crippen LogP contribution < -0.4 is 10.6 Å². The van der Waals surface area contributed by atoms with E-state index in [1.807, 2.05) is 45.0 Å². The summed E-state index contributed by atoms with van der Waals surface area (Å²) in [5.41, 5.74) is 3.79. The molecule has 128 valence electrons. The zero-order valence-electron chi connectivity index (χ0n) is 14.9. The summed E-state index contributed by atoms with van der Waals surface area (Å²) in [6, 6.07) is 7.90. The Morgan fingerprint density at radius 3 is 2.50 bits per heavy atom. The van der Waals surface area contributed by atoms with Gasteiger partial charge in [0.2, 0.25) is 5.91 Å². The fourth-order valence-corrected chi connectivity index (χ4v) is 2.64. The summed E-state index contributed by atoms with van der Waals surface area (Å²) in [6.45, 7) is 8.10. The van der Waals surface area contributed by atoms with Gasteiger partial charge in [-0.25, -0.2) is 9.97 Å². The Morgan fingerprint density at radius 1 is 1.12 bits per heavy atom. The number of nitrogens with one attached hydrogen (secondary N) is 2. The molecule has 0 unspecified atom stereocenters. The minimum atomic E-state index is 0.0517. The van der Waals surface area contributed by atoms with Gasteiger partial charge in [0.1, 0.15) is 12.1 Å². The lowest BCUT2D eigenvalue weighted by Crippen LogP contribution is -2.22. The van der Waals surface area contributed by atoms with Gasteiger partial charge in [-0.2, -0.15) is 0 Å². The molecule has 0 fully saturated rings. The maximum atomic E-state index is 12.4. The maximum Gasteiger partial charge on any atom is 0.227 e. The quantitative estimate of drug-likeness (QED) is 0.788. The summed E-state index contributed by atoms with van der Waals surface area (Å²) < 4.78 is 0. The molecule has 0 aliphatic carbocycles. The second kappa shape index (κ2) is 8.43. The molecule has 2 rings (SSSR count). The van der Waals surface area contributed by atoms with Gasteiger partial charge < -0.3 is 10.6 Å². The molecule has 0 saturated carbocycles. The van der Waals surface area contributed by atoms with Crippen molar-refractivity contribution < 1.29 is 4.79 Å². The summed E-state index contributed by atoms with van der Waals surface area (Å²) in [7, 11) is 0. The van der Waals surface area contributed by atoms with E-state index >= 15 is 0 Å². The van der Waals surface area contributed by atoms with Crippen molar-refractivity contribution in [2.24, 2.45) is 5.92 Å². The molecule has 2 aromatic rings. The highest BCUT2D eigenvalue weighted by Gasteiger charge is 2.15. The van der Waals surface area contributed by atoms with Crippen molar-refractivity contribution in [1.29, 1.82) is 0 Å². The molecule has 0 aliphatic rings. The third-order valence-electron chi connectivity index (χ3n) is 4.18. The average molecular weight is 326 g/mol. The fraction of sp³-hybridized carbons (Fsp3) is 0.421. The largest absolute Gasteiger partial charge is 0.340 e. The van der Waals surface area contributed by atoms with Crippen LogP contribution in [0.1, 0.15) is 44.9 Å². The van der Waals surface area contributed by atoms with E-state index in [4.69, 9.17) is 0 Å². The van der Waals surface area contributed by atoms with Gasteiger partial charge in [-0.05, 0) is 43.9 Å². The van der Waals surface area contributed by atoms with E-state index in [1.165, 1.54) is 6.33 Å². The summed E-state index contributed by atoms with van der Waals surface area (Å²) in [5, 5.41) is 6.35. The molecule has 0 bridgehead atoms. The van der Waals surface area contributed by atoms with Crippen LogP contribution in [0.4, 0.5) is 17.2 Å². The highest BCUT2D eigenvalue weighted by molar-refractivity contribution is 5.93. The summed E-state index contributed by atoms with van der Waals surface area (Å²) in [4.78, 5) is 20.7. The number of nitrogens with zero attached hydrogens (tertiary/aromatic N) is 2. The highest BCUT2D eigenvalue weighted by atomic mass is 16.1. The molecule has 1 heterocycles. The van der Waals surface area contributed by atoms with Crippen LogP contribution in [-0.4, -0.2) is 15.9 Å². The third kappa shape index (κ3) is 4.54. The van der Waals surface area contributed by atoms with Crippen molar-refractivity contribution in [3.8, 4) is 0 Å². The van der Waals surface area contributed by atoms with Crippen LogP contribution in [-0.2, 0) is 11.2 Å². The van der Waals surface area contributed by atoms with Crippen LogP contribution in [0.5, 0.6) is 0 Å². The molecular weight excluding hydrogens is 300 g/mol. The Morgan fingerprint density at radius 2 is 1.88 bits per heavy atom. The Balaban J connectivity index is 2.22. The lowest BCUT2D eigenvalue weighted by Gasteiger charge is -2.16. The van der Waals surface area contributed by atoms with E-state index in [2.05, 4.69) is 27.5 Å². The van der Waals surface area contributed by atoms with Gasteiger partial charge in [0.05, 0.1) is 0 Å². The summed E-state index contributed by atoms with van der Waals surface area (Å²) in [6.07, 6.45) is 4.10. The van der Waals surface area contributed by atoms with E-state index < -0.39 is 0 Å². The first kappa shape index (κ1) is 17.9. The SMILES string of the molecule is CCc1ccc(Nc2cc(C)ncn2)cc1NC(=O)C(CC)CC. The second-order valence-corrected chi connectivity index (χ2v) is 5.90. The zero-order valence-corrected chi connectivity index (χ0v) is 14.9. The van der Waals surface area contributed by atoms with Crippen molar-refractivity contribution in [2.75, 3.05) is 10.6 Å². The highest BCUT2D eigenvalue weighted by Crippen LogP contribution is 2.25. The van der Waals surface area contributed by atoms with Crippen LogP contribution in [0.2, 0.25) is 0 Å². The van der Waals surface area contributed by atoms with Gasteiger partial charge in [-0.1, -0.05) is 26.8 Å². The normalized spacial score (nSPS) is 10.7. The van der Waals surface area contributed by atoms with Crippen LogP contribution >= 0.6 is 0 Å². The van der Waals surface area contributed by atoms with Gasteiger partial charge in [0, 0.05) is 29.1 Å². The first-order chi connectivity index (χ1) is 11.6. The van der Waals surface area contributed by atoms with Crippen molar-refractivity contribution in [3.05, 3.63) is 41.9 Å². The topological polar surface area (TPSA) is 66.9 Å². The van der Waals surface area contributed by atoms with Crippen molar-refractivity contribution >= 4 is 23.1 Å². The lowest BCUT2D eigenvalue weighted by molar-refractivity contribution is -0.120. The van der Waals surface area contributed by atoms with Crippen LogP contribution in [0.25, 0.3) is 0 Å². The van der Waals surface area contributed by atoms with Crippen LogP contribution in [0, 0.1) is 12.8 Å². The summed E-state index contributed by atoms with van der Waals surface area (Å²) >= 11 is 0. The third-order valence-corrected chi connectivity index (χ3v) is 4.18. The fourth-order valence-electron chi connectivity index (χ4n) is 2.64. The first-order valence-electron chi connectivity index (χ1n) is 8.56. The van der Waals surface area contributed by atoms with Crippen molar-refractivity contribution in [2.45, 2.75) is 47.0 Å². The minimum Gasteiger partial charge on any atom is -0.340 e. The lowest BCUT2D eigenvalue weighted by atomic mass is 10.0. The Hall–Kier alpha value is -2.43. The number of amides is 1.